The van der Waals surface area contributed by atoms with Crippen molar-refractivity contribution < 1.29 is 22.0 Å². The maximum atomic E-state index is 14.5. The highest BCUT2D eigenvalue weighted by Gasteiger charge is 2.32. The number of nitrogens with one attached hydrogen (secondary N) is 2. The van der Waals surface area contributed by atoms with Crippen molar-refractivity contribution in [3.8, 4) is 5.75 Å². The van der Waals surface area contributed by atoms with E-state index in [4.69, 9.17) is 10.4 Å². The smallest absolute Gasteiger partial charge is 0.240 e. The molecule has 11 heteroatoms. The molecule has 0 bridgehead atoms. The Balaban J connectivity index is 0.000000296. The number of fused-ring (bicyclic) bond motifs is 1. The third kappa shape index (κ3) is 9.00. The number of nitrogens with zero attached hydrogens (tertiary/aromatic N) is 3. The number of hydrogen-bond donors (Lipinski definition) is 2. The molecule has 0 amide bonds. The average Bonchev–Trinajstić information content (AvgIpc) is 3.02. The zero-order valence-electron chi connectivity index (χ0n) is 24.4. The Labute approximate surface area is 252 Å². The van der Waals surface area contributed by atoms with E-state index in [1.54, 1.807) is 43.3 Å². The van der Waals surface area contributed by atoms with E-state index in [-0.39, 0.29) is 17.5 Å². The van der Waals surface area contributed by atoms with Gasteiger partial charge in [0.1, 0.15) is 22.7 Å². The van der Waals surface area contributed by atoms with Crippen molar-refractivity contribution in [1.82, 2.24) is 10.0 Å². The second-order valence-corrected chi connectivity index (χ2v) is 12.8. The fraction of sp³-hybridized carbons (Fsp3) is 0.438. The number of aryl methyl sites for hydroxylation is 1. The number of rotatable bonds is 10. The van der Waals surface area contributed by atoms with Gasteiger partial charge in [0.2, 0.25) is 10.0 Å². The molecule has 2 aliphatic rings. The molecule has 1 saturated carbocycles. The van der Waals surface area contributed by atoms with E-state index in [0.29, 0.717) is 29.5 Å². The Morgan fingerprint density at radius 1 is 0.977 bits per heavy atom. The number of azide groups is 1. The Kier molecular flexibility index (Phi) is 11.9. The molecule has 3 aromatic carbocycles. The third-order valence-electron chi connectivity index (χ3n) is 8.17. The van der Waals surface area contributed by atoms with Crippen LogP contribution in [0.25, 0.3) is 10.4 Å². The highest BCUT2D eigenvalue weighted by atomic mass is 32.2. The Bertz CT molecular complexity index is 1470. The zero-order chi connectivity index (χ0) is 30.7. The molecule has 43 heavy (non-hydrogen) atoms. The summed E-state index contributed by atoms with van der Waals surface area (Å²) in [5.74, 6) is 0.108. The molecular weight excluding hydrogens is 572 g/mol. The average molecular weight is 612 g/mol. The van der Waals surface area contributed by atoms with Gasteiger partial charge in [-0.2, -0.15) is 0 Å². The van der Waals surface area contributed by atoms with Gasteiger partial charge < -0.3 is 10.2 Å². The zero-order valence-corrected chi connectivity index (χ0v) is 25.2. The fourth-order valence-electron chi connectivity index (χ4n) is 6.04. The summed E-state index contributed by atoms with van der Waals surface area (Å²) in [6.45, 7) is 3.12. The molecule has 2 N–H and O–H groups in total. The lowest BCUT2D eigenvalue weighted by Gasteiger charge is -2.36. The molecule has 8 nitrogen and oxygen atoms in total. The van der Waals surface area contributed by atoms with Gasteiger partial charge in [-0.3, -0.25) is 0 Å². The van der Waals surface area contributed by atoms with Crippen LogP contribution in [0.3, 0.4) is 0 Å². The Morgan fingerprint density at radius 2 is 1.70 bits per heavy atom. The van der Waals surface area contributed by atoms with Crippen LogP contribution in [-0.4, -0.2) is 27.5 Å². The Morgan fingerprint density at radius 3 is 2.37 bits per heavy atom. The summed E-state index contributed by atoms with van der Waals surface area (Å²) >= 11 is 0. The van der Waals surface area contributed by atoms with E-state index in [9.17, 15) is 17.2 Å². The highest BCUT2D eigenvalue weighted by Crippen LogP contribution is 2.37. The van der Waals surface area contributed by atoms with Gasteiger partial charge >= 0.3 is 0 Å². The van der Waals surface area contributed by atoms with Crippen LogP contribution in [0.1, 0.15) is 68.1 Å². The number of hydrogen-bond acceptors (Lipinski definition) is 5. The van der Waals surface area contributed by atoms with Crippen LogP contribution < -0.4 is 14.9 Å². The minimum absolute atomic E-state index is 0.0488. The van der Waals surface area contributed by atoms with Crippen molar-refractivity contribution in [2.45, 2.75) is 75.1 Å². The SMILES string of the molecule is CCNS(=O)(=O)c1ccccc1.[N-]=[N+]=NOc1ccc2c(c1)CCC(NCC1CCCCC1)C2Cc1c(F)cccc1F. The maximum absolute atomic E-state index is 14.5. The van der Waals surface area contributed by atoms with E-state index in [2.05, 4.69) is 20.2 Å². The van der Waals surface area contributed by atoms with Crippen LogP contribution in [-0.2, 0) is 22.9 Å². The van der Waals surface area contributed by atoms with Gasteiger partial charge in [0.05, 0.1) is 4.90 Å². The first-order valence-corrected chi connectivity index (χ1v) is 16.4. The van der Waals surface area contributed by atoms with E-state index >= 15 is 0 Å². The largest absolute Gasteiger partial charge is 0.394 e. The summed E-state index contributed by atoms with van der Waals surface area (Å²) in [5.41, 5.74) is 10.8. The van der Waals surface area contributed by atoms with Crippen LogP contribution in [0.15, 0.2) is 76.9 Å². The van der Waals surface area contributed by atoms with Gasteiger partial charge in [-0.15, -0.1) is 0 Å². The van der Waals surface area contributed by atoms with Crippen LogP contribution >= 0.6 is 0 Å². The number of benzene rings is 3. The lowest BCUT2D eigenvalue weighted by molar-refractivity contribution is 0.299. The van der Waals surface area contributed by atoms with Crippen molar-refractivity contribution in [3.05, 3.63) is 105 Å². The van der Waals surface area contributed by atoms with E-state index in [1.165, 1.54) is 50.3 Å². The summed E-state index contributed by atoms with van der Waals surface area (Å²) in [7, 11) is -3.26. The Hall–Kier alpha value is -3.50. The van der Waals surface area contributed by atoms with Gasteiger partial charge in [-0.25, -0.2) is 21.9 Å². The third-order valence-corrected chi connectivity index (χ3v) is 9.74. The first-order chi connectivity index (χ1) is 20.8. The molecule has 5 rings (SSSR count). The molecule has 0 saturated heterocycles. The second kappa shape index (κ2) is 15.8. The predicted octanol–water partition coefficient (Wildman–Crippen LogP) is 7.36. The normalized spacial score (nSPS) is 18.5. The molecule has 0 spiro atoms. The fourth-order valence-corrected chi connectivity index (χ4v) is 7.10. The maximum Gasteiger partial charge on any atom is 0.240 e. The minimum Gasteiger partial charge on any atom is -0.394 e. The molecule has 0 heterocycles. The van der Waals surface area contributed by atoms with Gasteiger partial charge in [-0.05, 0) is 97.6 Å². The second-order valence-electron chi connectivity index (χ2n) is 11.0. The first-order valence-electron chi connectivity index (χ1n) is 14.9. The molecule has 2 atom stereocenters. The molecule has 0 aliphatic heterocycles. The first kappa shape index (κ1) is 32.4. The lowest BCUT2D eigenvalue weighted by Crippen LogP contribution is -2.42. The summed E-state index contributed by atoms with van der Waals surface area (Å²) in [6.07, 6.45) is 8.42. The molecule has 3 aromatic rings. The van der Waals surface area contributed by atoms with E-state index < -0.39 is 21.7 Å². The topological polar surface area (TPSA) is 116 Å². The predicted molar refractivity (Wildman–Crippen MR) is 163 cm³/mol. The number of sulfonamides is 1. The molecule has 0 aromatic heterocycles. The summed E-state index contributed by atoms with van der Waals surface area (Å²) in [5, 5.41) is 6.91. The highest BCUT2D eigenvalue weighted by molar-refractivity contribution is 7.89. The molecule has 0 radical (unpaired) electrons. The summed E-state index contributed by atoms with van der Waals surface area (Å²) in [4.78, 5) is 7.97. The van der Waals surface area contributed by atoms with Crippen molar-refractivity contribution >= 4 is 10.0 Å². The van der Waals surface area contributed by atoms with E-state index in [0.717, 1.165) is 30.5 Å². The van der Waals surface area contributed by atoms with Crippen LogP contribution in [0.5, 0.6) is 5.75 Å². The molecular formula is C32H39F2N5O3S. The minimum atomic E-state index is -3.26. The quantitative estimate of drug-likeness (QED) is 0.108. The van der Waals surface area contributed by atoms with Crippen molar-refractivity contribution in [2.24, 2.45) is 11.2 Å². The number of halogens is 2. The van der Waals surface area contributed by atoms with Gasteiger partial charge in [0.15, 0.2) is 0 Å². The monoisotopic (exact) mass is 611 g/mol. The molecule has 1 fully saturated rings. The van der Waals surface area contributed by atoms with Crippen molar-refractivity contribution in [2.75, 3.05) is 13.1 Å². The van der Waals surface area contributed by atoms with Crippen molar-refractivity contribution in [1.29, 1.82) is 0 Å². The lowest BCUT2D eigenvalue weighted by atomic mass is 9.75. The van der Waals surface area contributed by atoms with Crippen molar-refractivity contribution in [3.63, 3.8) is 0 Å². The molecule has 2 aliphatic carbocycles. The molecule has 2 unspecified atom stereocenters. The van der Waals surface area contributed by atoms with E-state index in [1.807, 2.05) is 12.1 Å². The standard InChI is InChI=1S/C24H28F2N4O.C8H11NO2S/c25-22-7-4-8-23(26)21(22)14-20-19-11-10-18(31-30-29-27)13-17(19)9-12-24(20)28-15-16-5-2-1-3-6-16;1-2-9-12(10,11)8-6-4-3-5-7-8/h4,7-8,10-11,13,16,20,24,28H,1-3,5-6,9,12,14-15H2;3-7,9H,2H2,1H3. The van der Waals surface area contributed by atoms with Crippen LogP contribution in [0, 0.1) is 17.6 Å². The van der Waals surface area contributed by atoms with Crippen LogP contribution in [0.4, 0.5) is 8.78 Å². The summed E-state index contributed by atoms with van der Waals surface area (Å²) in [6, 6.07) is 18.1. The van der Waals surface area contributed by atoms with Gasteiger partial charge in [0.25, 0.3) is 0 Å². The van der Waals surface area contributed by atoms with Crippen LogP contribution in [0.2, 0.25) is 0 Å². The van der Waals surface area contributed by atoms with Gasteiger partial charge in [-0.1, -0.05) is 56.5 Å². The van der Waals surface area contributed by atoms with Gasteiger partial charge in [0, 0.05) is 29.0 Å². The molecule has 230 valence electrons. The summed E-state index contributed by atoms with van der Waals surface area (Å²) < 4.78 is 54.0.